The SMILES string of the molecule is CC(NS(=O)(=O)c1ccc(Cl)cc1)C(=O)N(CC(=O)O)C1CC1. The number of carbonyl (C=O) groups excluding carboxylic acids is 1. The molecule has 9 heteroatoms. The maximum atomic E-state index is 12.3. The molecule has 1 aliphatic rings. The molecule has 0 aliphatic heterocycles. The minimum absolute atomic E-state index is 0.0160. The van der Waals surface area contributed by atoms with Crippen LogP contribution in [0.1, 0.15) is 19.8 Å². The van der Waals surface area contributed by atoms with E-state index < -0.39 is 34.5 Å². The third-order valence-corrected chi connectivity index (χ3v) is 5.21. The van der Waals surface area contributed by atoms with Gasteiger partial charge in [-0.05, 0) is 44.0 Å². The second kappa shape index (κ2) is 6.86. The number of carbonyl (C=O) groups is 2. The molecule has 2 rings (SSSR count). The number of rotatable bonds is 7. The molecular weight excluding hydrogens is 344 g/mol. The molecule has 1 aromatic carbocycles. The van der Waals surface area contributed by atoms with Crippen molar-refractivity contribution in [2.75, 3.05) is 6.54 Å². The number of amides is 1. The van der Waals surface area contributed by atoms with E-state index in [4.69, 9.17) is 16.7 Å². The molecule has 1 saturated carbocycles. The van der Waals surface area contributed by atoms with Gasteiger partial charge < -0.3 is 10.0 Å². The monoisotopic (exact) mass is 360 g/mol. The van der Waals surface area contributed by atoms with E-state index in [9.17, 15) is 18.0 Å². The number of carboxylic acids is 1. The van der Waals surface area contributed by atoms with Crippen molar-refractivity contribution in [2.24, 2.45) is 0 Å². The first-order valence-electron chi connectivity index (χ1n) is 7.01. The Morgan fingerprint density at radius 2 is 1.91 bits per heavy atom. The summed E-state index contributed by atoms with van der Waals surface area (Å²) in [5.74, 6) is -1.68. The Hall–Kier alpha value is -1.64. The Balaban J connectivity index is 2.10. The fourth-order valence-corrected chi connectivity index (χ4v) is 3.46. The molecule has 1 atom stereocenters. The van der Waals surface area contributed by atoms with Crippen molar-refractivity contribution in [2.45, 2.75) is 36.7 Å². The lowest BCUT2D eigenvalue weighted by atomic mass is 10.3. The van der Waals surface area contributed by atoms with Gasteiger partial charge in [-0.2, -0.15) is 4.72 Å². The summed E-state index contributed by atoms with van der Waals surface area (Å²) in [6, 6.07) is 4.35. The van der Waals surface area contributed by atoms with Crippen LogP contribution in [0.4, 0.5) is 0 Å². The normalized spacial score (nSPS) is 15.9. The Bertz CT molecular complexity index is 700. The highest BCUT2D eigenvalue weighted by Gasteiger charge is 2.36. The van der Waals surface area contributed by atoms with Gasteiger partial charge in [0.25, 0.3) is 0 Å². The smallest absolute Gasteiger partial charge is 0.323 e. The summed E-state index contributed by atoms with van der Waals surface area (Å²) in [7, 11) is -3.89. The van der Waals surface area contributed by atoms with Crippen LogP contribution in [0.15, 0.2) is 29.2 Å². The van der Waals surface area contributed by atoms with Crippen molar-refractivity contribution >= 4 is 33.5 Å². The van der Waals surface area contributed by atoms with Crippen molar-refractivity contribution in [3.63, 3.8) is 0 Å². The first-order chi connectivity index (χ1) is 10.7. The Morgan fingerprint density at radius 1 is 1.35 bits per heavy atom. The van der Waals surface area contributed by atoms with Gasteiger partial charge in [0.2, 0.25) is 15.9 Å². The number of aliphatic carboxylic acids is 1. The number of sulfonamides is 1. The highest BCUT2D eigenvalue weighted by Crippen LogP contribution is 2.27. The maximum Gasteiger partial charge on any atom is 0.323 e. The average Bonchev–Trinajstić information content (AvgIpc) is 3.28. The quantitative estimate of drug-likeness (QED) is 0.757. The summed E-state index contributed by atoms with van der Waals surface area (Å²) >= 11 is 5.72. The summed E-state index contributed by atoms with van der Waals surface area (Å²) in [6.07, 6.45) is 1.46. The van der Waals surface area contributed by atoms with E-state index in [0.29, 0.717) is 5.02 Å². The van der Waals surface area contributed by atoms with Crippen molar-refractivity contribution in [1.82, 2.24) is 9.62 Å². The fraction of sp³-hybridized carbons (Fsp3) is 0.429. The van der Waals surface area contributed by atoms with Gasteiger partial charge in [0.15, 0.2) is 0 Å². The van der Waals surface area contributed by atoms with Crippen molar-refractivity contribution < 1.29 is 23.1 Å². The van der Waals surface area contributed by atoms with Gasteiger partial charge in [0.1, 0.15) is 6.54 Å². The Morgan fingerprint density at radius 3 is 2.39 bits per heavy atom. The van der Waals surface area contributed by atoms with Gasteiger partial charge in [-0.1, -0.05) is 11.6 Å². The van der Waals surface area contributed by atoms with Crippen LogP contribution in [0.25, 0.3) is 0 Å². The number of nitrogens with zero attached hydrogens (tertiary/aromatic N) is 1. The predicted molar refractivity (Wildman–Crippen MR) is 83.6 cm³/mol. The molecule has 7 nitrogen and oxygen atoms in total. The largest absolute Gasteiger partial charge is 0.480 e. The van der Waals surface area contributed by atoms with E-state index in [1.54, 1.807) is 0 Å². The molecule has 1 aliphatic carbocycles. The molecule has 0 bridgehead atoms. The molecule has 0 saturated heterocycles. The second-order valence-corrected chi connectivity index (χ2v) is 7.54. The van der Waals surface area contributed by atoms with E-state index >= 15 is 0 Å². The molecule has 1 aromatic rings. The maximum absolute atomic E-state index is 12.3. The molecule has 1 amide bonds. The highest BCUT2D eigenvalue weighted by atomic mass is 35.5. The van der Waals surface area contributed by atoms with E-state index in [-0.39, 0.29) is 10.9 Å². The van der Waals surface area contributed by atoms with Crippen LogP contribution in [0.5, 0.6) is 0 Å². The van der Waals surface area contributed by atoms with E-state index in [0.717, 1.165) is 12.8 Å². The molecule has 23 heavy (non-hydrogen) atoms. The lowest BCUT2D eigenvalue weighted by Gasteiger charge is -2.24. The first kappa shape index (κ1) is 17.7. The third kappa shape index (κ3) is 4.66. The van der Waals surface area contributed by atoms with E-state index in [1.807, 2.05) is 0 Å². The number of halogens is 1. The number of benzene rings is 1. The van der Waals surface area contributed by atoms with Crippen molar-refractivity contribution in [1.29, 1.82) is 0 Å². The standard InChI is InChI=1S/C14H17ClN2O5S/c1-9(14(20)17(8-13(18)19)11-4-5-11)16-23(21,22)12-6-2-10(15)3-7-12/h2-3,6-7,9,11,16H,4-5,8H2,1H3,(H,18,19). The molecule has 1 unspecified atom stereocenters. The molecule has 0 spiro atoms. The van der Waals surface area contributed by atoms with Gasteiger partial charge in [-0.15, -0.1) is 0 Å². The summed E-state index contributed by atoms with van der Waals surface area (Å²) in [5, 5.41) is 9.28. The fourth-order valence-electron chi connectivity index (χ4n) is 2.13. The number of hydrogen-bond donors (Lipinski definition) is 2. The third-order valence-electron chi connectivity index (χ3n) is 3.40. The predicted octanol–water partition coefficient (Wildman–Crippen LogP) is 1.08. The van der Waals surface area contributed by atoms with Gasteiger partial charge in [0.05, 0.1) is 10.9 Å². The number of nitrogens with one attached hydrogen (secondary N) is 1. The topological polar surface area (TPSA) is 104 Å². The lowest BCUT2D eigenvalue weighted by Crippen LogP contribution is -2.49. The van der Waals surface area contributed by atoms with Crippen molar-refractivity contribution in [3.05, 3.63) is 29.3 Å². The summed E-state index contributed by atoms with van der Waals surface area (Å²) in [6.45, 7) is 0.962. The average molecular weight is 361 g/mol. The van der Waals surface area contributed by atoms with Crippen LogP contribution < -0.4 is 4.72 Å². The van der Waals surface area contributed by atoms with Crippen LogP contribution >= 0.6 is 11.6 Å². The van der Waals surface area contributed by atoms with Gasteiger partial charge in [-0.3, -0.25) is 9.59 Å². The second-order valence-electron chi connectivity index (χ2n) is 5.39. The summed E-state index contributed by atoms with van der Waals surface area (Å²) < 4.78 is 26.8. The molecule has 0 aromatic heterocycles. The van der Waals surface area contributed by atoms with Crippen LogP contribution in [-0.4, -0.2) is 48.9 Å². The molecule has 126 valence electrons. The zero-order valence-electron chi connectivity index (χ0n) is 12.4. The van der Waals surface area contributed by atoms with Gasteiger partial charge in [0, 0.05) is 11.1 Å². The Kier molecular flexibility index (Phi) is 5.28. The number of hydrogen-bond acceptors (Lipinski definition) is 4. The summed E-state index contributed by atoms with van der Waals surface area (Å²) in [5.41, 5.74) is 0. The molecule has 0 radical (unpaired) electrons. The molecule has 2 N–H and O–H groups in total. The zero-order valence-corrected chi connectivity index (χ0v) is 14.0. The van der Waals surface area contributed by atoms with E-state index in [2.05, 4.69) is 4.72 Å². The van der Waals surface area contributed by atoms with Crippen LogP contribution in [0, 0.1) is 0 Å². The van der Waals surface area contributed by atoms with Crippen LogP contribution in [-0.2, 0) is 19.6 Å². The minimum Gasteiger partial charge on any atom is -0.480 e. The van der Waals surface area contributed by atoms with Crippen LogP contribution in [0.3, 0.4) is 0 Å². The zero-order chi connectivity index (χ0) is 17.2. The van der Waals surface area contributed by atoms with E-state index in [1.165, 1.54) is 36.1 Å². The van der Waals surface area contributed by atoms with Crippen molar-refractivity contribution in [3.8, 4) is 0 Å². The van der Waals surface area contributed by atoms with Gasteiger partial charge in [-0.25, -0.2) is 8.42 Å². The lowest BCUT2D eigenvalue weighted by molar-refractivity contribution is -0.145. The Labute approximate surface area is 139 Å². The molecule has 1 fully saturated rings. The first-order valence-corrected chi connectivity index (χ1v) is 8.87. The highest BCUT2D eigenvalue weighted by molar-refractivity contribution is 7.89. The minimum atomic E-state index is -3.89. The van der Waals surface area contributed by atoms with Gasteiger partial charge >= 0.3 is 5.97 Å². The summed E-state index contributed by atoms with van der Waals surface area (Å²) in [4.78, 5) is 24.4. The van der Waals surface area contributed by atoms with Crippen LogP contribution in [0.2, 0.25) is 5.02 Å². The molecule has 0 heterocycles. The molecular formula is C14H17ClN2O5S. The number of carboxylic acid groups (broad SMARTS) is 1.